The van der Waals surface area contributed by atoms with Crippen LogP contribution in [0.15, 0.2) is 28.7 Å². The molecule has 1 aromatic heterocycles. The molecule has 1 heterocycles. The Bertz CT molecular complexity index is 642. The van der Waals surface area contributed by atoms with Crippen molar-refractivity contribution in [2.75, 3.05) is 5.43 Å². The fraction of sp³-hybridized carbons (Fsp3) is 0.375. The van der Waals surface area contributed by atoms with Gasteiger partial charge >= 0.3 is 0 Å². The van der Waals surface area contributed by atoms with Gasteiger partial charge in [0.15, 0.2) is 0 Å². The summed E-state index contributed by atoms with van der Waals surface area (Å²) < 4.78 is 19.5. The van der Waals surface area contributed by atoms with Crippen molar-refractivity contribution in [3.63, 3.8) is 0 Å². The molecule has 4 nitrogen and oxygen atoms in total. The normalized spacial score (nSPS) is 12.7. The first-order valence-electron chi connectivity index (χ1n) is 7.19. The molecule has 0 fully saturated rings. The smallest absolute Gasteiger partial charge is 0.203 e. The SMILES string of the molecule is CCC(C)OCc1ccc(C=NNc2nc(C)cs2)cc1F. The van der Waals surface area contributed by atoms with Crippen LogP contribution in [-0.2, 0) is 11.3 Å². The van der Waals surface area contributed by atoms with Crippen molar-refractivity contribution in [2.45, 2.75) is 39.9 Å². The Labute approximate surface area is 134 Å². The molecule has 118 valence electrons. The van der Waals surface area contributed by atoms with E-state index in [-0.39, 0.29) is 18.5 Å². The second kappa shape index (κ2) is 8.00. The van der Waals surface area contributed by atoms with Crippen LogP contribution in [0, 0.1) is 12.7 Å². The first kappa shape index (κ1) is 16.6. The summed E-state index contributed by atoms with van der Waals surface area (Å²) in [6, 6.07) is 5.00. The number of thiazole rings is 1. The van der Waals surface area contributed by atoms with E-state index in [0.29, 0.717) is 16.3 Å². The molecule has 2 rings (SSSR count). The van der Waals surface area contributed by atoms with Crippen LogP contribution < -0.4 is 5.43 Å². The third kappa shape index (κ3) is 4.89. The Hall–Kier alpha value is -1.79. The fourth-order valence-corrected chi connectivity index (χ4v) is 2.32. The summed E-state index contributed by atoms with van der Waals surface area (Å²) in [4.78, 5) is 4.23. The van der Waals surface area contributed by atoms with Gasteiger partial charge in [0, 0.05) is 10.9 Å². The summed E-state index contributed by atoms with van der Waals surface area (Å²) in [7, 11) is 0. The molecular weight excluding hydrogens is 301 g/mol. The number of hydrazone groups is 1. The van der Waals surface area contributed by atoms with Gasteiger partial charge in [-0.2, -0.15) is 5.10 Å². The minimum Gasteiger partial charge on any atom is -0.374 e. The maximum atomic E-state index is 14.0. The molecule has 0 saturated carbocycles. The lowest BCUT2D eigenvalue weighted by atomic mass is 10.1. The quantitative estimate of drug-likeness (QED) is 0.609. The van der Waals surface area contributed by atoms with Crippen LogP contribution in [0.2, 0.25) is 0 Å². The molecule has 1 unspecified atom stereocenters. The van der Waals surface area contributed by atoms with Gasteiger partial charge in [-0.25, -0.2) is 9.37 Å². The van der Waals surface area contributed by atoms with Gasteiger partial charge in [-0.1, -0.05) is 19.1 Å². The van der Waals surface area contributed by atoms with Crippen LogP contribution in [0.5, 0.6) is 0 Å². The Morgan fingerprint density at radius 3 is 2.95 bits per heavy atom. The third-order valence-electron chi connectivity index (χ3n) is 3.17. The van der Waals surface area contributed by atoms with Gasteiger partial charge in [0.2, 0.25) is 5.13 Å². The highest BCUT2D eigenvalue weighted by molar-refractivity contribution is 7.13. The van der Waals surface area contributed by atoms with Gasteiger partial charge in [0.1, 0.15) is 5.82 Å². The molecule has 0 aliphatic rings. The lowest BCUT2D eigenvalue weighted by Gasteiger charge is -2.11. The maximum absolute atomic E-state index is 14.0. The van der Waals surface area contributed by atoms with E-state index in [9.17, 15) is 4.39 Å². The summed E-state index contributed by atoms with van der Waals surface area (Å²) in [6.07, 6.45) is 2.61. The number of aromatic nitrogens is 1. The molecule has 0 saturated heterocycles. The van der Waals surface area contributed by atoms with Gasteiger partial charge in [0.25, 0.3) is 0 Å². The summed E-state index contributed by atoms with van der Waals surface area (Å²) >= 11 is 1.48. The number of nitrogens with zero attached hydrogens (tertiary/aromatic N) is 2. The number of ether oxygens (including phenoxy) is 1. The average molecular weight is 321 g/mol. The van der Waals surface area contributed by atoms with E-state index in [1.165, 1.54) is 17.4 Å². The monoisotopic (exact) mass is 321 g/mol. The summed E-state index contributed by atoms with van der Waals surface area (Å²) in [5, 5.41) is 6.71. The average Bonchev–Trinajstić information content (AvgIpc) is 2.91. The van der Waals surface area contributed by atoms with E-state index in [4.69, 9.17) is 4.74 Å². The van der Waals surface area contributed by atoms with E-state index in [0.717, 1.165) is 12.1 Å². The molecule has 1 N–H and O–H groups in total. The highest BCUT2D eigenvalue weighted by atomic mass is 32.1. The maximum Gasteiger partial charge on any atom is 0.203 e. The van der Waals surface area contributed by atoms with Crippen LogP contribution >= 0.6 is 11.3 Å². The number of hydrogen-bond donors (Lipinski definition) is 1. The largest absolute Gasteiger partial charge is 0.374 e. The van der Waals surface area contributed by atoms with Gasteiger partial charge in [-0.3, -0.25) is 5.43 Å². The van der Waals surface area contributed by atoms with Crippen molar-refractivity contribution >= 4 is 22.7 Å². The lowest BCUT2D eigenvalue weighted by Crippen LogP contribution is -2.07. The van der Waals surface area contributed by atoms with Gasteiger partial charge in [-0.15, -0.1) is 11.3 Å². The lowest BCUT2D eigenvalue weighted by molar-refractivity contribution is 0.0492. The van der Waals surface area contributed by atoms with Gasteiger partial charge < -0.3 is 4.74 Å². The number of rotatable bonds is 7. The molecule has 0 radical (unpaired) electrons. The highest BCUT2D eigenvalue weighted by Crippen LogP contribution is 2.15. The third-order valence-corrected chi connectivity index (χ3v) is 4.03. The molecule has 0 spiro atoms. The number of benzene rings is 1. The van der Waals surface area contributed by atoms with E-state index in [1.807, 2.05) is 32.2 Å². The molecule has 1 aromatic carbocycles. The predicted octanol–water partition coefficient (Wildman–Crippen LogP) is 4.35. The first-order chi connectivity index (χ1) is 10.6. The Kier molecular flexibility index (Phi) is 6.03. The fourth-order valence-electron chi connectivity index (χ4n) is 1.68. The zero-order valence-corrected chi connectivity index (χ0v) is 13.8. The molecule has 2 aromatic rings. The van der Waals surface area contributed by atoms with Crippen molar-refractivity contribution in [3.05, 3.63) is 46.2 Å². The first-order valence-corrected chi connectivity index (χ1v) is 8.07. The molecular formula is C16H20FN3OS. The van der Waals surface area contributed by atoms with Crippen LogP contribution in [0.3, 0.4) is 0 Å². The Morgan fingerprint density at radius 1 is 1.50 bits per heavy atom. The van der Waals surface area contributed by atoms with Crippen LogP contribution in [0.25, 0.3) is 0 Å². The van der Waals surface area contributed by atoms with Gasteiger partial charge in [-0.05, 0) is 31.9 Å². The second-order valence-corrected chi connectivity index (χ2v) is 5.90. The molecule has 1 atom stereocenters. The zero-order chi connectivity index (χ0) is 15.9. The molecule has 6 heteroatoms. The van der Waals surface area contributed by atoms with Crippen molar-refractivity contribution in [2.24, 2.45) is 5.10 Å². The standard InChI is InChI=1S/C16H20FN3OS/c1-4-12(3)21-9-14-6-5-13(7-15(14)17)8-18-20-16-19-11(2)10-22-16/h5-8,10,12H,4,9H2,1-3H3,(H,19,20). The topological polar surface area (TPSA) is 46.5 Å². The molecule has 22 heavy (non-hydrogen) atoms. The van der Waals surface area contributed by atoms with Crippen molar-refractivity contribution in [1.29, 1.82) is 0 Å². The van der Waals surface area contributed by atoms with E-state index in [2.05, 4.69) is 15.5 Å². The molecule has 0 bridgehead atoms. The number of nitrogens with one attached hydrogen (secondary N) is 1. The molecule has 0 aliphatic carbocycles. The number of anilines is 1. The van der Waals surface area contributed by atoms with Crippen LogP contribution in [0.1, 0.15) is 37.1 Å². The summed E-state index contributed by atoms with van der Waals surface area (Å²) in [6.45, 7) is 6.22. The molecule has 0 amide bonds. The minimum atomic E-state index is -0.280. The zero-order valence-electron chi connectivity index (χ0n) is 13.0. The second-order valence-electron chi connectivity index (χ2n) is 5.04. The predicted molar refractivity (Wildman–Crippen MR) is 89.0 cm³/mol. The van der Waals surface area contributed by atoms with Crippen molar-refractivity contribution < 1.29 is 9.13 Å². The summed E-state index contributed by atoms with van der Waals surface area (Å²) in [5.41, 5.74) is 5.01. The Morgan fingerprint density at radius 2 is 2.32 bits per heavy atom. The van der Waals surface area contributed by atoms with E-state index < -0.39 is 0 Å². The van der Waals surface area contributed by atoms with Crippen molar-refractivity contribution in [3.8, 4) is 0 Å². The number of halogens is 1. The number of hydrogen-bond acceptors (Lipinski definition) is 5. The highest BCUT2D eigenvalue weighted by Gasteiger charge is 2.05. The Balaban J connectivity index is 1.93. The van der Waals surface area contributed by atoms with Gasteiger partial charge in [0.05, 0.1) is 24.6 Å². The van der Waals surface area contributed by atoms with Crippen LogP contribution in [-0.4, -0.2) is 17.3 Å². The van der Waals surface area contributed by atoms with E-state index >= 15 is 0 Å². The number of aryl methyl sites for hydroxylation is 1. The van der Waals surface area contributed by atoms with E-state index in [1.54, 1.807) is 12.3 Å². The molecule has 0 aliphatic heterocycles. The minimum absolute atomic E-state index is 0.131. The van der Waals surface area contributed by atoms with Crippen molar-refractivity contribution in [1.82, 2.24) is 4.98 Å². The van der Waals surface area contributed by atoms with Crippen LogP contribution in [0.4, 0.5) is 9.52 Å². The summed E-state index contributed by atoms with van der Waals surface area (Å²) in [5.74, 6) is -0.280.